The summed E-state index contributed by atoms with van der Waals surface area (Å²) in [4.78, 5) is 31.9. The monoisotopic (exact) mass is 306 g/mol. The number of aryl methyl sites for hydroxylation is 1. The van der Waals surface area contributed by atoms with Gasteiger partial charge in [0.05, 0.1) is 7.11 Å². The third-order valence-corrected chi connectivity index (χ3v) is 3.30. The number of Topliss-reactive ketones (excluding diaryl/α,β-unsaturated/α-hetero) is 1. The number of fused-ring (bicyclic) bond motifs is 1. The molecule has 0 amide bonds. The molecule has 22 heavy (non-hydrogen) atoms. The Morgan fingerprint density at radius 3 is 2.27 bits per heavy atom. The molecule has 5 heteroatoms. The van der Waals surface area contributed by atoms with Crippen LogP contribution in [0.5, 0.6) is 5.75 Å². The highest BCUT2D eigenvalue weighted by Gasteiger charge is 2.18. The number of hydrogen-bond acceptors (Lipinski definition) is 5. The lowest BCUT2D eigenvalue weighted by molar-refractivity contribution is -0.159. The molecule has 0 saturated heterocycles. The molecular formula is C17H22O5. The van der Waals surface area contributed by atoms with Crippen LogP contribution in [0.15, 0.2) is 18.2 Å². The zero-order valence-electron chi connectivity index (χ0n) is 13.3. The van der Waals surface area contributed by atoms with Crippen LogP contribution in [0.1, 0.15) is 44.2 Å². The van der Waals surface area contributed by atoms with Gasteiger partial charge in [-0.1, -0.05) is 26.0 Å². The molecule has 0 radical (unpaired) electrons. The molecule has 0 heterocycles. The van der Waals surface area contributed by atoms with Crippen LogP contribution >= 0.6 is 0 Å². The molecule has 0 atom stereocenters. The van der Waals surface area contributed by atoms with Crippen LogP contribution in [0.25, 0.3) is 0 Å². The molecule has 0 spiro atoms. The fourth-order valence-electron chi connectivity index (χ4n) is 2.07. The lowest BCUT2D eigenvalue weighted by atomic mass is 9.90. The number of methoxy groups -OCH3 is 1. The van der Waals surface area contributed by atoms with Gasteiger partial charge in [-0.3, -0.25) is 14.4 Å². The zero-order chi connectivity index (χ0) is 16.5. The molecule has 1 aliphatic carbocycles. The van der Waals surface area contributed by atoms with Gasteiger partial charge < -0.3 is 9.47 Å². The third-order valence-electron chi connectivity index (χ3n) is 3.30. The number of ether oxygens (including phenoxy) is 2. The van der Waals surface area contributed by atoms with Crippen molar-refractivity contribution in [2.45, 2.75) is 46.0 Å². The van der Waals surface area contributed by atoms with Gasteiger partial charge in [-0.15, -0.1) is 0 Å². The van der Waals surface area contributed by atoms with Crippen LogP contribution in [0.3, 0.4) is 0 Å². The third kappa shape index (κ3) is 5.31. The molecule has 0 saturated carbocycles. The molecule has 1 aromatic rings. The second-order valence-electron chi connectivity index (χ2n) is 4.87. The van der Waals surface area contributed by atoms with Crippen molar-refractivity contribution in [3.8, 4) is 5.75 Å². The summed E-state index contributed by atoms with van der Waals surface area (Å²) in [6, 6.07) is 5.97. The number of carbonyl (C=O) groups excluding carboxylic acids is 3. The van der Waals surface area contributed by atoms with Gasteiger partial charge in [-0.2, -0.15) is 0 Å². The number of carbonyl (C=O) groups is 3. The van der Waals surface area contributed by atoms with Gasteiger partial charge in [0, 0.05) is 31.2 Å². The highest BCUT2D eigenvalue weighted by atomic mass is 16.6. The largest absolute Gasteiger partial charge is 0.496 e. The lowest BCUT2D eigenvalue weighted by Crippen LogP contribution is -2.14. The SMILES string of the molecule is CCC(=O)OC(=O)CC.COc1cccc2c1CC(=O)CC2. The Bertz CT molecular complexity index is 520. The van der Waals surface area contributed by atoms with Crippen molar-refractivity contribution in [2.75, 3.05) is 7.11 Å². The van der Waals surface area contributed by atoms with Crippen LogP contribution in [0.4, 0.5) is 0 Å². The Morgan fingerprint density at radius 2 is 1.73 bits per heavy atom. The predicted molar refractivity (Wildman–Crippen MR) is 81.7 cm³/mol. The van der Waals surface area contributed by atoms with Crippen molar-refractivity contribution < 1.29 is 23.9 Å². The molecule has 120 valence electrons. The molecule has 2 rings (SSSR count). The normalized spacial score (nSPS) is 12.6. The van der Waals surface area contributed by atoms with E-state index in [1.807, 2.05) is 12.1 Å². The van der Waals surface area contributed by atoms with Gasteiger partial charge in [0.15, 0.2) is 0 Å². The molecule has 0 bridgehead atoms. The smallest absolute Gasteiger partial charge is 0.313 e. The maximum Gasteiger partial charge on any atom is 0.313 e. The number of ketones is 1. The van der Waals surface area contributed by atoms with Gasteiger partial charge in [0.1, 0.15) is 11.5 Å². The Morgan fingerprint density at radius 1 is 1.09 bits per heavy atom. The van der Waals surface area contributed by atoms with Crippen molar-refractivity contribution >= 4 is 17.7 Å². The summed E-state index contributed by atoms with van der Waals surface area (Å²) >= 11 is 0. The highest BCUT2D eigenvalue weighted by molar-refractivity contribution is 5.85. The van der Waals surface area contributed by atoms with Crippen LogP contribution in [-0.4, -0.2) is 24.8 Å². The highest BCUT2D eigenvalue weighted by Crippen LogP contribution is 2.27. The average molecular weight is 306 g/mol. The van der Waals surface area contributed by atoms with E-state index in [2.05, 4.69) is 10.8 Å². The van der Waals surface area contributed by atoms with Crippen LogP contribution in [-0.2, 0) is 32.0 Å². The Labute approximate surface area is 130 Å². The number of esters is 2. The predicted octanol–water partition coefficient (Wildman–Crippen LogP) is 2.63. The van der Waals surface area contributed by atoms with Crippen molar-refractivity contribution in [3.63, 3.8) is 0 Å². The second-order valence-corrected chi connectivity index (χ2v) is 4.87. The van der Waals surface area contributed by atoms with E-state index in [9.17, 15) is 14.4 Å². The zero-order valence-corrected chi connectivity index (χ0v) is 13.3. The first-order chi connectivity index (χ1) is 10.5. The minimum absolute atomic E-state index is 0.256. The molecule has 5 nitrogen and oxygen atoms in total. The number of benzene rings is 1. The van der Waals surface area contributed by atoms with Crippen molar-refractivity contribution in [1.82, 2.24) is 0 Å². The first-order valence-electron chi connectivity index (χ1n) is 7.41. The number of rotatable bonds is 3. The van der Waals surface area contributed by atoms with E-state index < -0.39 is 11.9 Å². The van der Waals surface area contributed by atoms with Crippen molar-refractivity contribution in [1.29, 1.82) is 0 Å². The summed E-state index contributed by atoms with van der Waals surface area (Å²) in [6.07, 6.45) is 2.60. The van der Waals surface area contributed by atoms with Gasteiger partial charge in [0.2, 0.25) is 0 Å². The van der Waals surface area contributed by atoms with Crippen molar-refractivity contribution in [2.24, 2.45) is 0 Å². The molecular weight excluding hydrogens is 284 g/mol. The van der Waals surface area contributed by atoms with Crippen LogP contribution in [0.2, 0.25) is 0 Å². The summed E-state index contributed by atoms with van der Waals surface area (Å²) in [7, 11) is 1.65. The van der Waals surface area contributed by atoms with E-state index in [-0.39, 0.29) is 12.8 Å². The average Bonchev–Trinajstić information content (AvgIpc) is 2.54. The van der Waals surface area contributed by atoms with E-state index in [1.54, 1.807) is 21.0 Å². The Hall–Kier alpha value is -2.17. The summed E-state index contributed by atoms with van der Waals surface area (Å²) < 4.78 is 9.48. The molecule has 0 aliphatic heterocycles. The second kappa shape index (κ2) is 8.97. The first kappa shape index (κ1) is 17.9. The van der Waals surface area contributed by atoms with E-state index in [0.29, 0.717) is 18.6 Å². The fourth-order valence-corrected chi connectivity index (χ4v) is 2.07. The molecule has 0 N–H and O–H groups in total. The minimum Gasteiger partial charge on any atom is -0.496 e. The molecule has 0 fully saturated rings. The van der Waals surface area contributed by atoms with Crippen LogP contribution in [0, 0.1) is 0 Å². The number of hydrogen-bond donors (Lipinski definition) is 0. The molecule has 1 aliphatic rings. The summed E-state index contributed by atoms with van der Waals surface area (Å²) in [5, 5.41) is 0. The van der Waals surface area contributed by atoms with E-state index in [0.717, 1.165) is 17.7 Å². The van der Waals surface area contributed by atoms with E-state index >= 15 is 0 Å². The van der Waals surface area contributed by atoms with E-state index in [4.69, 9.17) is 4.74 Å². The summed E-state index contributed by atoms with van der Waals surface area (Å²) in [5.74, 6) is 0.256. The molecule has 1 aromatic carbocycles. The quantitative estimate of drug-likeness (QED) is 0.634. The van der Waals surface area contributed by atoms with Gasteiger partial charge in [-0.25, -0.2) is 0 Å². The maximum absolute atomic E-state index is 11.2. The van der Waals surface area contributed by atoms with E-state index in [1.165, 1.54) is 5.56 Å². The topological polar surface area (TPSA) is 69.7 Å². The molecule has 0 aromatic heterocycles. The lowest BCUT2D eigenvalue weighted by Gasteiger charge is -2.17. The Balaban J connectivity index is 0.000000239. The fraction of sp³-hybridized carbons (Fsp3) is 0.471. The standard InChI is InChI=1S/C11H12O2.C6H10O3/c1-13-11-4-2-3-8-5-6-9(12)7-10(8)11;1-3-5(7)9-6(8)4-2/h2-4H,5-7H2,1H3;3-4H2,1-2H3. The van der Waals surface area contributed by atoms with Crippen LogP contribution < -0.4 is 4.74 Å². The summed E-state index contributed by atoms with van der Waals surface area (Å²) in [5.41, 5.74) is 2.35. The van der Waals surface area contributed by atoms with Gasteiger partial charge in [-0.05, 0) is 18.1 Å². The summed E-state index contributed by atoms with van der Waals surface area (Å²) in [6.45, 7) is 3.29. The van der Waals surface area contributed by atoms with Gasteiger partial charge in [0.25, 0.3) is 0 Å². The van der Waals surface area contributed by atoms with Gasteiger partial charge >= 0.3 is 11.9 Å². The molecule has 0 unspecified atom stereocenters. The Kier molecular flexibility index (Phi) is 7.29. The van der Waals surface area contributed by atoms with Crippen molar-refractivity contribution in [3.05, 3.63) is 29.3 Å². The maximum atomic E-state index is 11.2. The minimum atomic E-state index is -0.457. The first-order valence-corrected chi connectivity index (χ1v) is 7.41.